The van der Waals surface area contributed by atoms with Gasteiger partial charge in [-0.15, -0.1) is 0 Å². The number of aromatic amines is 1. The van der Waals surface area contributed by atoms with Gasteiger partial charge in [0.05, 0.1) is 29.5 Å². The number of nitrogens with zero attached hydrogens (tertiary/aromatic N) is 3. The van der Waals surface area contributed by atoms with E-state index in [0.717, 1.165) is 11.3 Å². The van der Waals surface area contributed by atoms with Gasteiger partial charge in [-0.3, -0.25) is 19.5 Å². The Morgan fingerprint density at radius 3 is 2.90 bits per heavy atom. The lowest BCUT2D eigenvalue weighted by atomic mass is 10.0. The number of hydrogen-bond donors (Lipinski definition) is 2. The third-order valence-electron chi connectivity index (χ3n) is 5.21. The summed E-state index contributed by atoms with van der Waals surface area (Å²) < 4.78 is 6.41. The summed E-state index contributed by atoms with van der Waals surface area (Å²) in [6, 6.07) is 7.90. The SMILES string of the molecule is COCCN1Cc2cccc(C(=O)NC(C)c3cc(=O)n4[nH]c(C)cc4n3)c2C1=O. The number of benzene rings is 1. The fourth-order valence-corrected chi connectivity index (χ4v) is 3.69. The smallest absolute Gasteiger partial charge is 0.272 e. The van der Waals surface area contributed by atoms with Crippen LogP contribution in [0.1, 0.15) is 50.6 Å². The average molecular weight is 409 g/mol. The predicted octanol–water partition coefficient (Wildman–Crippen LogP) is 1.42. The molecule has 156 valence electrons. The Morgan fingerprint density at radius 1 is 1.33 bits per heavy atom. The molecule has 1 aromatic carbocycles. The van der Waals surface area contributed by atoms with Crippen LogP contribution in [0.3, 0.4) is 0 Å². The van der Waals surface area contributed by atoms with Gasteiger partial charge in [-0.2, -0.15) is 0 Å². The summed E-state index contributed by atoms with van der Waals surface area (Å²) in [4.78, 5) is 44.2. The van der Waals surface area contributed by atoms with Crippen LogP contribution in [0.4, 0.5) is 0 Å². The van der Waals surface area contributed by atoms with Crippen LogP contribution in [0.5, 0.6) is 0 Å². The Morgan fingerprint density at radius 2 is 2.13 bits per heavy atom. The summed E-state index contributed by atoms with van der Waals surface area (Å²) in [7, 11) is 1.58. The summed E-state index contributed by atoms with van der Waals surface area (Å²) in [5.41, 5.74) is 3.05. The largest absolute Gasteiger partial charge is 0.383 e. The first-order valence-electron chi connectivity index (χ1n) is 9.69. The quantitative estimate of drug-likeness (QED) is 0.640. The second-order valence-electron chi connectivity index (χ2n) is 7.41. The molecule has 3 aromatic rings. The van der Waals surface area contributed by atoms with Crippen LogP contribution in [0.2, 0.25) is 0 Å². The summed E-state index contributed by atoms with van der Waals surface area (Å²) in [6.45, 7) is 4.94. The van der Waals surface area contributed by atoms with E-state index in [-0.39, 0.29) is 17.4 Å². The van der Waals surface area contributed by atoms with Crippen molar-refractivity contribution in [3.63, 3.8) is 0 Å². The number of H-pyrrole nitrogens is 1. The van der Waals surface area contributed by atoms with Crippen molar-refractivity contribution >= 4 is 17.5 Å². The normalized spacial score (nSPS) is 14.2. The van der Waals surface area contributed by atoms with Crippen molar-refractivity contribution in [2.75, 3.05) is 20.3 Å². The number of fused-ring (bicyclic) bond motifs is 2. The van der Waals surface area contributed by atoms with Crippen molar-refractivity contribution in [1.29, 1.82) is 0 Å². The minimum atomic E-state index is -0.512. The van der Waals surface area contributed by atoms with Gasteiger partial charge in [0.2, 0.25) is 0 Å². The molecule has 0 bridgehead atoms. The van der Waals surface area contributed by atoms with Gasteiger partial charge < -0.3 is 15.0 Å². The molecule has 0 saturated heterocycles. The Bertz CT molecular complexity index is 1200. The zero-order valence-electron chi connectivity index (χ0n) is 17.1. The molecular weight excluding hydrogens is 386 g/mol. The molecule has 2 amide bonds. The van der Waals surface area contributed by atoms with Gasteiger partial charge in [0, 0.05) is 38.0 Å². The number of carbonyl (C=O) groups is 2. The number of aryl methyl sites for hydroxylation is 1. The molecule has 9 heteroatoms. The lowest BCUT2D eigenvalue weighted by Gasteiger charge is -2.16. The van der Waals surface area contributed by atoms with E-state index in [1.807, 2.05) is 13.0 Å². The zero-order valence-corrected chi connectivity index (χ0v) is 17.1. The number of amides is 2. The average Bonchev–Trinajstić information content (AvgIpc) is 3.25. The molecule has 0 spiro atoms. The monoisotopic (exact) mass is 409 g/mol. The number of carbonyl (C=O) groups excluding carboxylic acids is 2. The van der Waals surface area contributed by atoms with E-state index in [4.69, 9.17) is 4.74 Å². The number of aromatic nitrogens is 3. The van der Waals surface area contributed by atoms with E-state index in [1.54, 1.807) is 37.1 Å². The highest BCUT2D eigenvalue weighted by Gasteiger charge is 2.31. The van der Waals surface area contributed by atoms with Gasteiger partial charge in [-0.1, -0.05) is 12.1 Å². The van der Waals surface area contributed by atoms with Gasteiger partial charge in [0.15, 0.2) is 5.65 Å². The molecule has 1 aliphatic heterocycles. The Labute approximate surface area is 172 Å². The molecule has 30 heavy (non-hydrogen) atoms. The molecule has 1 unspecified atom stereocenters. The Kier molecular flexibility index (Phi) is 5.13. The lowest BCUT2D eigenvalue weighted by molar-refractivity contribution is 0.0715. The van der Waals surface area contributed by atoms with E-state index in [2.05, 4.69) is 15.4 Å². The van der Waals surface area contributed by atoms with Gasteiger partial charge in [0.1, 0.15) is 0 Å². The Hall–Kier alpha value is -3.46. The number of nitrogens with one attached hydrogen (secondary N) is 2. The highest BCUT2D eigenvalue weighted by Crippen LogP contribution is 2.26. The molecule has 0 fully saturated rings. The molecule has 0 radical (unpaired) electrons. The van der Waals surface area contributed by atoms with Crippen LogP contribution in [-0.4, -0.2) is 51.6 Å². The molecular formula is C21H23N5O4. The third-order valence-corrected chi connectivity index (χ3v) is 5.21. The van der Waals surface area contributed by atoms with Crippen molar-refractivity contribution < 1.29 is 14.3 Å². The minimum absolute atomic E-state index is 0.180. The Balaban J connectivity index is 1.58. The molecule has 3 heterocycles. The van der Waals surface area contributed by atoms with Gasteiger partial charge in [-0.25, -0.2) is 9.50 Å². The van der Waals surface area contributed by atoms with E-state index < -0.39 is 6.04 Å². The third kappa shape index (κ3) is 3.48. The molecule has 9 nitrogen and oxygen atoms in total. The zero-order chi connectivity index (χ0) is 21.4. The fourth-order valence-electron chi connectivity index (χ4n) is 3.69. The number of hydrogen-bond acceptors (Lipinski definition) is 5. The number of rotatable bonds is 6. The van der Waals surface area contributed by atoms with Crippen LogP contribution in [0, 0.1) is 6.92 Å². The summed E-state index contributed by atoms with van der Waals surface area (Å²) >= 11 is 0. The maximum absolute atomic E-state index is 13.0. The van der Waals surface area contributed by atoms with Gasteiger partial charge in [-0.05, 0) is 25.5 Å². The summed E-state index contributed by atoms with van der Waals surface area (Å²) in [5, 5.41) is 5.78. The molecule has 2 aromatic heterocycles. The second-order valence-corrected chi connectivity index (χ2v) is 7.41. The van der Waals surface area contributed by atoms with Crippen molar-refractivity contribution in [3.05, 3.63) is 68.8 Å². The van der Waals surface area contributed by atoms with E-state index in [9.17, 15) is 14.4 Å². The number of methoxy groups -OCH3 is 1. The second kappa shape index (κ2) is 7.75. The molecule has 4 rings (SSSR count). The number of ether oxygens (including phenoxy) is 1. The van der Waals surface area contributed by atoms with Gasteiger partial charge >= 0.3 is 0 Å². The van der Waals surface area contributed by atoms with Gasteiger partial charge in [0.25, 0.3) is 17.4 Å². The molecule has 2 N–H and O–H groups in total. The summed E-state index contributed by atoms with van der Waals surface area (Å²) in [6.07, 6.45) is 0. The maximum atomic E-state index is 13.0. The standard InChI is InChI=1S/C21H23N5O4/c1-12-9-17-23-16(10-18(27)26(17)24-12)13(2)22-20(28)15-6-4-5-14-11-25(7-8-30-3)21(29)19(14)15/h4-6,9-10,13,24H,7-8,11H2,1-3H3,(H,22,28). The van der Waals surface area contributed by atoms with Crippen molar-refractivity contribution in [2.45, 2.75) is 26.4 Å². The first kappa shape index (κ1) is 19.8. The van der Waals surface area contributed by atoms with Crippen LogP contribution >= 0.6 is 0 Å². The van der Waals surface area contributed by atoms with Crippen molar-refractivity contribution in [3.8, 4) is 0 Å². The minimum Gasteiger partial charge on any atom is -0.383 e. The van der Waals surface area contributed by atoms with E-state index >= 15 is 0 Å². The highest BCUT2D eigenvalue weighted by atomic mass is 16.5. The van der Waals surface area contributed by atoms with Crippen molar-refractivity contribution in [1.82, 2.24) is 24.8 Å². The van der Waals surface area contributed by atoms with Crippen LogP contribution in [0.25, 0.3) is 5.65 Å². The van der Waals surface area contributed by atoms with Crippen molar-refractivity contribution in [2.24, 2.45) is 0 Å². The van der Waals surface area contributed by atoms with Crippen LogP contribution < -0.4 is 10.9 Å². The highest BCUT2D eigenvalue weighted by molar-refractivity contribution is 6.09. The molecule has 1 aliphatic rings. The van der Waals surface area contributed by atoms with Crippen LogP contribution in [0.15, 0.2) is 35.1 Å². The fraction of sp³-hybridized carbons (Fsp3) is 0.333. The first-order chi connectivity index (χ1) is 14.4. The molecule has 1 atom stereocenters. The molecule has 0 saturated carbocycles. The first-order valence-corrected chi connectivity index (χ1v) is 9.69. The summed E-state index contributed by atoms with van der Waals surface area (Å²) in [5.74, 6) is -0.561. The topological polar surface area (TPSA) is 109 Å². The maximum Gasteiger partial charge on any atom is 0.272 e. The van der Waals surface area contributed by atoms with E-state index in [0.29, 0.717) is 42.2 Å². The van der Waals surface area contributed by atoms with E-state index in [1.165, 1.54) is 10.6 Å². The lowest BCUT2D eigenvalue weighted by Crippen LogP contribution is -2.31. The molecule has 0 aliphatic carbocycles. The van der Waals surface area contributed by atoms with Crippen LogP contribution in [-0.2, 0) is 11.3 Å². The predicted molar refractivity (Wildman–Crippen MR) is 109 cm³/mol.